The van der Waals surface area contributed by atoms with Gasteiger partial charge in [-0.2, -0.15) is 0 Å². The lowest BCUT2D eigenvalue weighted by Gasteiger charge is -2.60. The van der Waals surface area contributed by atoms with Gasteiger partial charge in [0.1, 0.15) is 5.78 Å². The number of hydrogen-bond acceptors (Lipinski definition) is 2. The summed E-state index contributed by atoms with van der Waals surface area (Å²) >= 11 is 0. The van der Waals surface area contributed by atoms with Gasteiger partial charge >= 0.3 is 0 Å². The van der Waals surface area contributed by atoms with Gasteiger partial charge in [-0.3, -0.25) is 4.79 Å². The molecule has 0 unspecified atom stereocenters. The standard InChI is InChI=1S/C25H36O2/c1-16(26)25-11-5-4-6-18(25)15-22-20-8-7-17-14-19(27)9-12-23(17,2)21(20)10-13-24(22,25)3/h4-5,7,18-22,27H,6,8-15H2,1-3H3/t18-,19-,20-,21-,22-,23+,24+,25-/m1/s1. The maximum Gasteiger partial charge on any atom is 0.137 e. The van der Waals surface area contributed by atoms with E-state index in [2.05, 4.69) is 32.1 Å². The summed E-state index contributed by atoms with van der Waals surface area (Å²) in [5.74, 6) is 3.18. The molecule has 5 aliphatic carbocycles. The van der Waals surface area contributed by atoms with E-state index in [4.69, 9.17) is 0 Å². The highest BCUT2D eigenvalue weighted by molar-refractivity contribution is 5.85. The van der Waals surface area contributed by atoms with Gasteiger partial charge in [-0.25, -0.2) is 0 Å². The predicted octanol–water partition coefficient (Wildman–Crippen LogP) is 5.46. The van der Waals surface area contributed by atoms with Gasteiger partial charge in [0, 0.05) is 5.41 Å². The number of aliphatic hydroxyl groups excluding tert-OH is 1. The van der Waals surface area contributed by atoms with E-state index in [9.17, 15) is 9.90 Å². The maximum absolute atomic E-state index is 13.1. The summed E-state index contributed by atoms with van der Waals surface area (Å²) in [7, 11) is 0. The van der Waals surface area contributed by atoms with E-state index in [1.165, 1.54) is 25.7 Å². The summed E-state index contributed by atoms with van der Waals surface area (Å²) in [6.45, 7) is 6.86. The number of carbonyl (C=O) groups is 1. The fraction of sp³-hybridized carbons (Fsp3) is 0.800. The van der Waals surface area contributed by atoms with Crippen molar-refractivity contribution >= 4 is 5.78 Å². The quantitative estimate of drug-likeness (QED) is 0.624. The minimum atomic E-state index is -0.129. The molecule has 2 nitrogen and oxygen atoms in total. The van der Waals surface area contributed by atoms with Crippen molar-refractivity contribution < 1.29 is 9.90 Å². The molecule has 2 heteroatoms. The fourth-order valence-electron chi connectivity index (χ4n) is 8.98. The van der Waals surface area contributed by atoms with Crippen LogP contribution in [0, 0.1) is 39.9 Å². The Morgan fingerprint density at radius 2 is 1.93 bits per heavy atom. The molecule has 0 aromatic carbocycles. The van der Waals surface area contributed by atoms with Crippen LogP contribution in [0.3, 0.4) is 0 Å². The van der Waals surface area contributed by atoms with Gasteiger partial charge in [-0.15, -0.1) is 0 Å². The topological polar surface area (TPSA) is 37.3 Å². The molecule has 0 amide bonds. The molecule has 27 heavy (non-hydrogen) atoms. The molecule has 148 valence electrons. The van der Waals surface area contributed by atoms with Crippen molar-refractivity contribution in [3.63, 3.8) is 0 Å². The van der Waals surface area contributed by atoms with Crippen LogP contribution in [0.25, 0.3) is 0 Å². The summed E-state index contributed by atoms with van der Waals surface area (Å²) in [6, 6.07) is 0. The number of rotatable bonds is 1. The molecule has 0 bridgehead atoms. The second-order valence-corrected chi connectivity index (χ2v) is 11.0. The van der Waals surface area contributed by atoms with E-state index in [0.717, 1.165) is 43.9 Å². The third-order valence-electron chi connectivity index (χ3n) is 10.4. The van der Waals surface area contributed by atoms with Gasteiger partial charge in [0.2, 0.25) is 0 Å². The molecule has 0 saturated heterocycles. The zero-order valence-electron chi connectivity index (χ0n) is 17.3. The number of allylic oxidation sites excluding steroid dienone is 3. The highest BCUT2D eigenvalue weighted by Crippen LogP contribution is 2.73. The molecule has 8 atom stereocenters. The van der Waals surface area contributed by atoms with Crippen molar-refractivity contribution in [3.8, 4) is 0 Å². The summed E-state index contributed by atoms with van der Waals surface area (Å²) in [6.07, 6.45) is 17.0. The second kappa shape index (κ2) is 5.81. The van der Waals surface area contributed by atoms with Gasteiger partial charge in [0.15, 0.2) is 0 Å². The molecule has 5 rings (SSSR count). The van der Waals surface area contributed by atoms with Crippen LogP contribution in [0.15, 0.2) is 23.8 Å². The molecule has 1 N–H and O–H groups in total. The van der Waals surface area contributed by atoms with Crippen molar-refractivity contribution in [1.82, 2.24) is 0 Å². The molecule has 0 aromatic rings. The fourth-order valence-corrected chi connectivity index (χ4v) is 8.98. The molecule has 0 spiro atoms. The van der Waals surface area contributed by atoms with E-state index >= 15 is 0 Å². The minimum absolute atomic E-state index is 0.106. The first-order valence-electron chi connectivity index (χ1n) is 11.4. The Morgan fingerprint density at radius 1 is 1.11 bits per heavy atom. The molecule has 5 aliphatic rings. The Hall–Kier alpha value is -0.890. The Labute approximate surface area is 164 Å². The van der Waals surface area contributed by atoms with Crippen molar-refractivity contribution in [2.24, 2.45) is 39.9 Å². The van der Waals surface area contributed by atoms with Crippen molar-refractivity contribution in [3.05, 3.63) is 23.8 Å². The lowest BCUT2D eigenvalue weighted by Crippen LogP contribution is -2.54. The van der Waals surface area contributed by atoms with E-state index in [0.29, 0.717) is 23.0 Å². The van der Waals surface area contributed by atoms with Crippen molar-refractivity contribution in [1.29, 1.82) is 0 Å². The molecule has 0 aliphatic heterocycles. The third kappa shape index (κ3) is 2.14. The number of ketones is 1. The smallest absolute Gasteiger partial charge is 0.137 e. The van der Waals surface area contributed by atoms with Gasteiger partial charge in [0.25, 0.3) is 0 Å². The van der Waals surface area contributed by atoms with Crippen molar-refractivity contribution in [2.45, 2.75) is 84.7 Å². The number of carbonyl (C=O) groups excluding carboxylic acids is 1. The maximum atomic E-state index is 13.1. The van der Waals surface area contributed by atoms with Crippen LogP contribution in [0.2, 0.25) is 0 Å². The number of aliphatic hydroxyl groups is 1. The Bertz CT molecular complexity index is 720. The van der Waals surface area contributed by atoms with E-state index in [1.807, 2.05) is 6.92 Å². The van der Waals surface area contributed by atoms with E-state index < -0.39 is 0 Å². The first-order chi connectivity index (χ1) is 12.8. The van der Waals surface area contributed by atoms with Gasteiger partial charge < -0.3 is 5.11 Å². The predicted molar refractivity (Wildman–Crippen MR) is 108 cm³/mol. The van der Waals surface area contributed by atoms with Crippen LogP contribution >= 0.6 is 0 Å². The average molecular weight is 369 g/mol. The van der Waals surface area contributed by atoms with Gasteiger partial charge in [0.05, 0.1) is 6.10 Å². The molecule has 0 aromatic heterocycles. The highest BCUT2D eigenvalue weighted by atomic mass is 16.3. The molecule has 0 heterocycles. The lowest BCUT2D eigenvalue weighted by atomic mass is 9.44. The molecule has 0 radical (unpaired) electrons. The van der Waals surface area contributed by atoms with Gasteiger partial charge in [-0.1, -0.05) is 37.6 Å². The number of fused-ring (bicyclic) bond motifs is 7. The van der Waals surface area contributed by atoms with Crippen LogP contribution in [-0.4, -0.2) is 17.0 Å². The summed E-state index contributed by atoms with van der Waals surface area (Å²) in [5, 5.41) is 10.2. The SMILES string of the molecule is CC(=O)[C@]12CC=CC[C@@H]1C[C@@H]1[C@@H]3CC=C4C[C@H](O)CC[C@]4(C)[C@@H]3CC[C@@]12C. The van der Waals surface area contributed by atoms with Crippen LogP contribution < -0.4 is 0 Å². The second-order valence-electron chi connectivity index (χ2n) is 11.0. The normalized spacial score (nSPS) is 53.6. The molecule has 3 saturated carbocycles. The molecule has 3 fully saturated rings. The molecular weight excluding hydrogens is 332 g/mol. The number of Topliss-reactive ketones (excluding diaryl/α,β-unsaturated/α-hetero) is 1. The summed E-state index contributed by atoms with van der Waals surface area (Å²) in [5.41, 5.74) is 1.90. The van der Waals surface area contributed by atoms with E-state index in [1.54, 1.807) is 5.57 Å². The van der Waals surface area contributed by atoms with E-state index in [-0.39, 0.29) is 16.9 Å². The van der Waals surface area contributed by atoms with Crippen LogP contribution in [0.4, 0.5) is 0 Å². The van der Waals surface area contributed by atoms with Crippen LogP contribution in [0.5, 0.6) is 0 Å². The third-order valence-corrected chi connectivity index (χ3v) is 10.4. The van der Waals surface area contributed by atoms with Gasteiger partial charge in [-0.05, 0) is 99.2 Å². The minimum Gasteiger partial charge on any atom is -0.393 e. The Morgan fingerprint density at radius 3 is 2.70 bits per heavy atom. The number of hydrogen-bond donors (Lipinski definition) is 1. The Balaban J connectivity index is 1.54. The first kappa shape index (κ1) is 18.2. The summed E-state index contributed by atoms with van der Waals surface area (Å²) in [4.78, 5) is 13.1. The lowest BCUT2D eigenvalue weighted by molar-refractivity contribution is -0.144. The highest BCUT2D eigenvalue weighted by Gasteiger charge is 2.68. The van der Waals surface area contributed by atoms with Crippen LogP contribution in [-0.2, 0) is 4.79 Å². The zero-order valence-corrected chi connectivity index (χ0v) is 17.3. The molecular formula is C25H36O2. The summed E-state index contributed by atoms with van der Waals surface area (Å²) < 4.78 is 0. The Kier molecular flexibility index (Phi) is 3.91. The largest absolute Gasteiger partial charge is 0.393 e. The van der Waals surface area contributed by atoms with Crippen LogP contribution in [0.1, 0.15) is 78.6 Å². The average Bonchev–Trinajstić information content (AvgIpc) is 2.92. The monoisotopic (exact) mass is 368 g/mol. The first-order valence-corrected chi connectivity index (χ1v) is 11.4. The van der Waals surface area contributed by atoms with Crippen molar-refractivity contribution in [2.75, 3.05) is 0 Å². The zero-order chi connectivity index (χ0) is 19.0.